The van der Waals surface area contributed by atoms with Crippen LogP contribution in [-0.4, -0.2) is 31.8 Å². The summed E-state index contributed by atoms with van der Waals surface area (Å²) in [4.78, 5) is 24.1. The van der Waals surface area contributed by atoms with E-state index in [9.17, 15) is 9.59 Å². The lowest BCUT2D eigenvalue weighted by Crippen LogP contribution is -2.24. The van der Waals surface area contributed by atoms with Gasteiger partial charge >= 0.3 is 5.97 Å². The van der Waals surface area contributed by atoms with Crippen LogP contribution in [0.25, 0.3) is 0 Å². The molecule has 168 valence electrons. The molecule has 0 saturated heterocycles. The molecule has 0 fully saturated rings. The summed E-state index contributed by atoms with van der Waals surface area (Å²) in [5.74, 6) is 0.559. The Morgan fingerprint density at radius 2 is 1.76 bits per heavy atom. The monoisotopic (exact) mass is 444 g/mol. The number of ether oxygens (including phenoxy) is 3. The Bertz CT molecular complexity index is 1130. The maximum atomic E-state index is 12.1. The van der Waals surface area contributed by atoms with E-state index in [1.165, 1.54) is 13.3 Å². The molecule has 3 aromatic carbocycles. The molecule has 0 heterocycles. The lowest BCUT2D eigenvalue weighted by Gasteiger charge is -2.11. The van der Waals surface area contributed by atoms with Gasteiger partial charge in [-0.25, -0.2) is 10.2 Å². The molecule has 7 heteroatoms. The molecule has 0 atom stereocenters. The van der Waals surface area contributed by atoms with Crippen molar-refractivity contribution in [1.82, 2.24) is 5.43 Å². The van der Waals surface area contributed by atoms with Crippen molar-refractivity contribution in [3.05, 3.63) is 102 Å². The number of methoxy groups -OCH3 is 1. The van der Waals surface area contributed by atoms with Crippen molar-refractivity contribution in [3.63, 3.8) is 0 Å². The van der Waals surface area contributed by atoms with Crippen LogP contribution < -0.4 is 19.6 Å². The number of allylic oxidation sites excluding steroid dienone is 1. The van der Waals surface area contributed by atoms with Crippen LogP contribution in [0.4, 0.5) is 0 Å². The summed E-state index contributed by atoms with van der Waals surface area (Å²) in [6, 6.07) is 20.9. The third-order valence-electron chi connectivity index (χ3n) is 4.47. The van der Waals surface area contributed by atoms with Gasteiger partial charge in [-0.05, 0) is 66.1 Å². The highest BCUT2D eigenvalue weighted by atomic mass is 16.5. The number of benzene rings is 3. The van der Waals surface area contributed by atoms with Gasteiger partial charge in [-0.3, -0.25) is 4.79 Å². The summed E-state index contributed by atoms with van der Waals surface area (Å²) in [5, 5.41) is 3.92. The quantitative estimate of drug-likeness (QED) is 0.167. The van der Waals surface area contributed by atoms with E-state index < -0.39 is 11.9 Å². The topological polar surface area (TPSA) is 86.2 Å². The fraction of sp³-hybridized carbons (Fsp3) is 0.115. The molecule has 1 amide bonds. The van der Waals surface area contributed by atoms with Crippen LogP contribution in [0.2, 0.25) is 0 Å². The molecule has 0 aromatic heterocycles. The Hall–Kier alpha value is -4.39. The van der Waals surface area contributed by atoms with Gasteiger partial charge in [0.2, 0.25) is 0 Å². The van der Waals surface area contributed by atoms with Crippen molar-refractivity contribution >= 4 is 18.1 Å². The number of hydrogen-bond acceptors (Lipinski definition) is 6. The summed E-state index contributed by atoms with van der Waals surface area (Å²) in [5.41, 5.74) is 4.63. The van der Waals surface area contributed by atoms with Crippen LogP contribution in [0.1, 0.15) is 21.5 Å². The second-order valence-electron chi connectivity index (χ2n) is 6.88. The molecule has 0 spiro atoms. The second kappa shape index (κ2) is 11.9. The van der Waals surface area contributed by atoms with Crippen LogP contribution in [0.3, 0.4) is 0 Å². The van der Waals surface area contributed by atoms with E-state index in [0.717, 1.165) is 11.1 Å². The van der Waals surface area contributed by atoms with E-state index in [4.69, 9.17) is 14.2 Å². The minimum atomic E-state index is -0.434. The average Bonchev–Trinajstić information content (AvgIpc) is 2.85. The summed E-state index contributed by atoms with van der Waals surface area (Å²) >= 11 is 0. The third kappa shape index (κ3) is 7.07. The van der Waals surface area contributed by atoms with Crippen LogP contribution in [0.15, 0.2) is 90.6 Å². The predicted octanol–water partition coefficient (Wildman–Crippen LogP) is 4.17. The SMILES string of the molecule is C=CCc1ccc(OCC(=O)NN=Cc2ccc(OC(=O)c3ccccc3)cc2)c(OC)c1. The zero-order chi connectivity index (χ0) is 23.5. The van der Waals surface area contributed by atoms with Crippen LogP contribution in [0, 0.1) is 0 Å². The largest absolute Gasteiger partial charge is 0.493 e. The number of nitrogens with one attached hydrogen (secondary N) is 1. The van der Waals surface area contributed by atoms with Gasteiger partial charge in [-0.1, -0.05) is 30.3 Å². The summed E-state index contributed by atoms with van der Waals surface area (Å²) in [6.07, 6.45) is 3.99. The first-order chi connectivity index (χ1) is 16.1. The van der Waals surface area contributed by atoms with E-state index in [-0.39, 0.29) is 6.61 Å². The molecule has 1 N–H and O–H groups in total. The summed E-state index contributed by atoms with van der Waals surface area (Å²) in [6.45, 7) is 3.49. The number of hydrazone groups is 1. The first-order valence-corrected chi connectivity index (χ1v) is 10.2. The molecule has 0 unspecified atom stereocenters. The van der Waals surface area contributed by atoms with E-state index in [1.54, 1.807) is 60.7 Å². The number of hydrogen-bond donors (Lipinski definition) is 1. The third-order valence-corrected chi connectivity index (χ3v) is 4.47. The molecule has 7 nitrogen and oxygen atoms in total. The molecule has 3 aromatic rings. The van der Waals surface area contributed by atoms with Crippen molar-refractivity contribution in [2.24, 2.45) is 5.10 Å². The van der Waals surface area contributed by atoms with Crippen molar-refractivity contribution in [3.8, 4) is 17.2 Å². The van der Waals surface area contributed by atoms with E-state index >= 15 is 0 Å². The van der Waals surface area contributed by atoms with Gasteiger partial charge in [0.05, 0.1) is 18.9 Å². The highest BCUT2D eigenvalue weighted by Gasteiger charge is 2.09. The smallest absolute Gasteiger partial charge is 0.343 e. The van der Waals surface area contributed by atoms with Gasteiger partial charge in [0.25, 0.3) is 5.91 Å². The number of carbonyl (C=O) groups excluding carboxylic acids is 2. The van der Waals surface area contributed by atoms with Crippen molar-refractivity contribution in [2.75, 3.05) is 13.7 Å². The molecule has 0 saturated carbocycles. The zero-order valence-corrected chi connectivity index (χ0v) is 18.2. The number of nitrogens with zero attached hydrogens (tertiary/aromatic N) is 1. The first-order valence-electron chi connectivity index (χ1n) is 10.2. The van der Waals surface area contributed by atoms with E-state index in [1.807, 2.05) is 18.2 Å². The molecule has 0 aliphatic heterocycles. The predicted molar refractivity (Wildman–Crippen MR) is 126 cm³/mol. The van der Waals surface area contributed by atoms with E-state index in [0.29, 0.717) is 29.2 Å². The van der Waals surface area contributed by atoms with Crippen molar-refractivity contribution in [1.29, 1.82) is 0 Å². The van der Waals surface area contributed by atoms with Crippen LogP contribution >= 0.6 is 0 Å². The number of esters is 1. The minimum absolute atomic E-state index is 0.219. The Kier molecular flexibility index (Phi) is 8.36. The molecule has 3 rings (SSSR count). The van der Waals surface area contributed by atoms with Gasteiger partial charge in [0.15, 0.2) is 18.1 Å². The Balaban J connectivity index is 1.47. The normalized spacial score (nSPS) is 10.5. The number of carbonyl (C=O) groups is 2. The Morgan fingerprint density at radius 3 is 2.45 bits per heavy atom. The Morgan fingerprint density at radius 1 is 1.00 bits per heavy atom. The molecule has 0 radical (unpaired) electrons. The average molecular weight is 444 g/mol. The zero-order valence-electron chi connectivity index (χ0n) is 18.2. The first kappa shape index (κ1) is 23.3. The fourth-order valence-corrected chi connectivity index (χ4v) is 2.84. The van der Waals surface area contributed by atoms with E-state index in [2.05, 4.69) is 17.1 Å². The Labute approximate surface area is 192 Å². The summed E-state index contributed by atoms with van der Waals surface area (Å²) < 4.78 is 16.2. The lowest BCUT2D eigenvalue weighted by molar-refractivity contribution is -0.123. The van der Waals surface area contributed by atoms with Gasteiger partial charge in [-0.15, -0.1) is 6.58 Å². The second-order valence-corrected chi connectivity index (χ2v) is 6.88. The van der Waals surface area contributed by atoms with Crippen LogP contribution in [-0.2, 0) is 11.2 Å². The van der Waals surface area contributed by atoms with Gasteiger partial charge in [0.1, 0.15) is 5.75 Å². The van der Waals surface area contributed by atoms with Crippen molar-refractivity contribution < 1.29 is 23.8 Å². The molecular formula is C26H24N2O5. The fourth-order valence-electron chi connectivity index (χ4n) is 2.84. The highest BCUT2D eigenvalue weighted by molar-refractivity contribution is 5.91. The minimum Gasteiger partial charge on any atom is -0.493 e. The molecule has 0 aliphatic carbocycles. The van der Waals surface area contributed by atoms with Gasteiger partial charge < -0.3 is 14.2 Å². The van der Waals surface area contributed by atoms with Crippen LogP contribution in [0.5, 0.6) is 17.2 Å². The van der Waals surface area contributed by atoms with Crippen molar-refractivity contribution in [2.45, 2.75) is 6.42 Å². The number of rotatable bonds is 10. The summed E-state index contributed by atoms with van der Waals surface area (Å²) in [7, 11) is 1.54. The maximum absolute atomic E-state index is 12.1. The molecule has 33 heavy (non-hydrogen) atoms. The maximum Gasteiger partial charge on any atom is 0.343 e. The van der Waals surface area contributed by atoms with Gasteiger partial charge in [-0.2, -0.15) is 5.10 Å². The molecular weight excluding hydrogens is 420 g/mol. The molecule has 0 bridgehead atoms. The number of amides is 1. The lowest BCUT2D eigenvalue weighted by atomic mass is 10.1. The molecule has 0 aliphatic rings. The van der Waals surface area contributed by atoms with Gasteiger partial charge in [0, 0.05) is 0 Å². The highest BCUT2D eigenvalue weighted by Crippen LogP contribution is 2.28. The standard InChI is InChI=1S/C26H24N2O5/c1-3-7-19-12-15-23(24(16-19)31-2)32-18-25(29)28-27-17-20-10-13-22(14-11-20)33-26(30)21-8-5-4-6-9-21/h3-6,8-17H,1,7,18H2,2H3,(H,28,29).